The van der Waals surface area contributed by atoms with Crippen molar-refractivity contribution in [3.63, 3.8) is 0 Å². The van der Waals surface area contributed by atoms with E-state index >= 15 is 0 Å². The molecule has 0 aromatic carbocycles. The van der Waals surface area contributed by atoms with E-state index in [9.17, 15) is 8.42 Å². The van der Waals surface area contributed by atoms with Crippen LogP contribution in [0.15, 0.2) is 11.7 Å². The third-order valence-electron chi connectivity index (χ3n) is 4.14. The number of rotatable bonds is 2. The predicted molar refractivity (Wildman–Crippen MR) is 90.0 cm³/mol. The molecule has 0 amide bonds. The van der Waals surface area contributed by atoms with Gasteiger partial charge in [-0.1, -0.05) is 0 Å². The summed E-state index contributed by atoms with van der Waals surface area (Å²) in [4.78, 5) is 11.0. The Morgan fingerprint density at radius 1 is 1.23 bits per heavy atom. The highest BCUT2D eigenvalue weighted by Gasteiger charge is 2.35. The van der Waals surface area contributed by atoms with Gasteiger partial charge in [-0.3, -0.25) is 0 Å². The number of nitrogens with zero attached hydrogens (tertiary/aromatic N) is 4. The van der Waals surface area contributed by atoms with Gasteiger partial charge in [0.2, 0.25) is 10.0 Å². The van der Waals surface area contributed by atoms with Gasteiger partial charge in [0.1, 0.15) is 12.1 Å². The number of anilines is 1. The maximum atomic E-state index is 11.9. The molecule has 0 N–H and O–H groups in total. The van der Waals surface area contributed by atoms with E-state index < -0.39 is 10.0 Å². The molecule has 0 aliphatic carbocycles. The molecule has 2 atom stereocenters. The Bertz CT molecular complexity index is 802. The maximum Gasteiger partial charge on any atom is 0.211 e. The zero-order chi connectivity index (χ0) is 16.1. The number of hydrogen-bond donors (Lipinski definition) is 0. The SMILES string of the molecule is Cc1csc2c(N3CC(C)N(S(C)(=O)=O)CC3C)ncnc12. The molecule has 120 valence electrons. The monoisotopic (exact) mass is 340 g/mol. The smallest absolute Gasteiger partial charge is 0.211 e. The van der Waals surface area contributed by atoms with Gasteiger partial charge in [0.25, 0.3) is 0 Å². The maximum absolute atomic E-state index is 11.9. The first-order valence-electron chi connectivity index (χ1n) is 7.21. The van der Waals surface area contributed by atoms with Crippen molar-refractivity contribution in [1.29, 1.82) is 0 Å². The van der Waals surface area contributed by atoms with Gasteiger partial charge < -0.3 is 4.90 Å². The first kappa shape index (κ1) is 15.6. The van der Waals surface area contributed by atoms with Crippen LogP contribution in [0, 0.1) is 6.92 Å². The number of aromatic nitrogens is 2. The third kappa shape index (κ3) is 2.59. The molecule has 0 spiro atoms. The van der Waals surface area contributed by atoms with Gasteiger partial charge in [-0.05, 0) is 31.7 Å². The fourth-order valence-electron chi connectivity index (χ4n) is 3.01. The number of sulfonamides is 1. The number of hydrogen-bond acceptors (Lipinski definition) is 6. The quantitative estimate of drug-likeness (QED) is 0.835. The van der Waals surface area contributed by atoms with Gasteiger partial charge in [-0.15, -0.1) is 11.3 Å². The van der Waals surface area contributed by atoms with Gasteiger partial charge in [0.15, 0.2) is 0 Å². The Kier molecular flexibility index (Phi) is 3.86. The van der Waals surface area contributed by atoms with Crippen molar-refractivity contribution in [1.82, 2.24) is 14.3 Å². The number of thiophene rings is 1. The molecule has 0 saturated carbocycles. The molecule has 3 heterocycles. The van der Waals surface area contributed by atoms with E-state index in [2.05, 4.69) is 20.2 Å². The average molecular weight is 340 g/mol. The van der Waals surface area contributed by atoms with Crippen molar-refractivity contribution in [2.24, 2.45) is 0 Å². The van der Waals surface area contributed by atoms with E-state index in [1.165, 1.54) is 6.26 Å². The van der Waals surface area contributed by atoms with Crippen LogP contribution in [0.1, 0.15) is 19.4 Å². The molecule has 1 aliphatic heterocycles. The molecule has 1 saturated heterocycles. The summed E-state index contributed by atoms with van der Waals surface area (Å²) < 4.78 is 26.4. The number of piperazine rings is 1. The highest BCUT2D eigenvalue weighted by Crippen LogP contribution is 2.33. The molecule has 8 heteroatoms. The number of aryl methyl sites for hydroxylation is 1. The summed E-state index contributed by atoms with van der Waals surface area (Å²) >= 11 is 1.65. The highest BCUT2D eigenvalue weighted by molar-refractivity contribution is 7.88. The first-order chi connectivity index (χ1) is 10.3. The average Bonchev–Trinajstić information content (AvgIpc) is 2.82. The van der Waals surface area contributed by atoms with E-state index in [0.29, 0.717) is 13.1 Å². The Balaban J connectivity index is 1.99. The van der Waals surface area contributed by atoms with Crippen LogP contribution in [0.5, 0.6) is 0 Å². The number of fused-ring (bicyclic) bond motifs is 1. The molecular weight excluding hydrogens is 320 g/mol. The predicted octanol–water partition coefficient (Wildman–Crippen LogP) is 1.86. The summed E-state index contributed by atoms with van der Waals surface area (Å²) in [6.07, 6.45) is 2.87. The molecule has 2 aromatic heterocycles. The molecule has 1 fully saturated rings. The second-order valence-corrected chi connectivity index (χ2v) is 8.79. The minimum absolute atomic E-state index is 0.0720. The van der Waals surface area contributed by atoms with E-state index in [-0.39, 0.29) is 12.1 Å². The van der Waals surface area contributed by atoms with Crippen molar-refractivity contribution < 1.29 is 8.42 Å². The van der Waals surface area contributed by atoms with Crippen LogP contribution in [-0.2, 0) is 10.0 Å². The van der Waals surface area contributed by atoms with E-state index in [1.54, 1.807) is 22.0 Å². The summed E-state index contributed by atoms with van der Waals surface area (Å²) in [5, 5.41) is 2.09. The van der Waals surface area contributed by atoms with Crippen molar-refractivity contribution in [3.8, 4) is 0 Å². The molecule has 2 aromatic rings. The van der Waals surface area contributed by atoms with Crippen LogP contribution in [-0.4, -0.2) is 54.1 Å². The minimum atomic E-state index is -3.18. The largest absolute Gasteiger partial charge is 0.350 e. The lowest BCUT2D eigenvalue weighted by Gasteiger charge is -2.43. The van der Waals surface area contributed by atoms with E-state index in [4.69, 9.17) is 0 Å². The Hall–Kier alpha value is -1.25. The third-order valence-corrected chi connectivity index (χ3v) is 6.58. The van der Waals surface area contributed by atoms with Crippen molar-refractivity contribution in [2.45, 2.75) is 32.9 Å². The topological polar surface area (TPSA) is 66.4 Å². The molecule has 1 aliphatic rings. The fraction of sp³-hybridized carbons (Fsp3) is 0.571. The Labute approximate surface area is 134 Å². The van der Waals surface area contributed by atoms with Crippen LogP contribution in [0.2, 0.25) is 0 Å². The molecular formula is C14H20N4O2S2. The summed E-state index contributed by atoms with van der Waals surface area (Å²) in [5.41, 5.74) is 2.14. The van der Waals surface area contributed by atoms with Crippen LogP contribution in [0.25, 0.3) is 10.2 Å². The lowest BCUT2D eigenvalue weighted by Crippen LogP contribution is -2.58. The highest BCUT2D eigenvalue weighted by atomic mass is 32.2. The zero-order valence-electron chi connectivity index (χ0n) is 13.1. The standard InChI is InChI=1S/C14H20N4O2S2/c1-9-7-21-13-12(9)15-8-16-14(13)17-5-11(3)18(6-10(17)2)22(4,19)20/h7-8,10-11H,5-6H2,1-4H3. The summed E-state index contributed by atoms with van der Waals surface area (Å²) in [6, 6.07) is 0.00343. The Morgan fingerprint density at radius 3 is 2.64 bits per heavy atom. The van der Waals surface area contributed by atoms with Crippen molar-refractivity contribution in [3.05, 3.63) is 17.3 Å². The fourth-order valence-corrected chi connectivity index (χ4v) is 5.23. The molecule has 3 rings (SSSR count). The van der Waals surface area contributed by atoms with Gasteiger partial charge in [-0.2, -0.15) is 4.31 Å². The van der Waals surface area contributed by atoms with Gasteiger partial charge >= 0.3 is 0 Å². The van der Waals surface area contributed by atoms with Crippen LogP contribution in [0.3, 0.4) is 0 Å². The van der Waals surface area contributed by atoms with Crippen molar-refractivity contribution in [2.75, 3.05) is 24.2 Å². The molecule has 6 nitrogen and oxygen atoms in total. The molecule has 0 radical (unpaired) electrons. The summed E-state index contributed by atoms with van der Waals surface area (Å²) in [7, 11) is -3.18. The lowest BCUT2D eigenvalue weighted by molar-refractivity contribution is 0.274. The van der Waals surface area contributed by atoms with Crippen molar-refractivity contribution >= 4 is 37.4 Å². The normalized spacial score (nSPS) is 24.1. The van der Waals surface area contributed by atoms with Crippen LogP contribution < -0.4 is 4.90 Å². The molecule has 0 bridgehead atoms. The van der Waals surface area contributed by atoms with E-state index in [1.807, 2.05) is 20.8 Å². The lowest BCUT2D eigenvalue weighted by atomic mass is 10.1. The first-order valence-corrected chi connectivity index (χ1v) is 9.94. The zero-order valence-corrected chi connectivity index (χ0v) is 14.8. The van der Waals surface area contributed by atoms with Gasteiger partial charge in [-0.25, -0.2) is 18.4 Å². The summed E-state index contributed by atoms with van der Waals surface area (Å²) in [6.45, 7) is 7.15. The van der Waals surface area contributed by atoms with Crippen LogP contribution >= 0.6 is 11.3 Å². The van der Waals surface area contributed by atoms with Crippen LogP contribution in [0.4, 0.5) is 5.82 Å². The summed E-state index contributed by atoms with van der Waals surface area (Å²) in [5.74, 6) is 0.913. The molecule has 2 unspecified atom stereocenters. The second kappa shape index (κ2) is 5.43. The van der Waals surface area contributed by atoms with Gasteiger partial charge in [0.05, 0.1) is 16.5 Å². The van der Waals surface area contributed by atoms with E-state index in [0.717, 1.165) is 21.6 Å². The Morgan fingerprint density at radius 2 is 1.95 bits per heavy atom. The second-order valence-electron chi connectivity index (χ2n) is 5.98. The minimum Gasteiger partial charge on any atom is -0.350 e. The van der Waals surface area contributed by atoms with Gasteiger partial charge in [0, 0.05) is 25.2 Å². The molecule has 22 heavy (non-hydrogen) atoms.